The molecule has 0 saturated carbocycles. The van der Waals surface area contributed by atoms with Crippen LogP contribution in [0.4, 0.5) is 0 Å². The third-order valence-corrected chi connectivity index (χ3v) is 2.39. The Morgan fingerprint density at radius 3 is 2.65 bits per heavy atom. The highest BCUT2D eigenvalue weighted by Gasteiger charge is 2.15. The van der Waals surface area contributed by atoms with Crippen LogP contribution in [0.15, 0.2) is 28.8 Å². The quantitative estimate of drug-likeness (QED) is 0.387. The Balaban J connectivity index is 4.32. The van der Waals surface area contributed by atoms with Crippen molar-refractivity contribution in [2.24, 2.45) is 4.99 Å². The minimum absolute atomic E-state index is 0.785. The van der Waals surface area contributed by atoms with Crippen molar-refractivity contribution in [2.75, 3.05) is 20.1 Å². The first-order chi connectivity index (χ1) is 8.02. The van der Waals surface area contributed by atoms with Gasteiger partial charge in [0.05, 0.1) is 5.60 Å². The van der Waals surface area contributed by atoms with Crippen LogP contribution in [0, 0.1) is 0 Å². The van der Waals surface area contributed by atoms with Crippen LogP contribution in [0.3, 0.4) is 0 Å². The molecule has 98 valence electrons. The average Bonchev–Trinajstić information content (AvgIpc) is 2.25. The molecule has 0 amide bonds. The van der Waals surface area contributed by atoms with Gasteiger partial charge in [0, 0.05) is 19.8 Å². The molecule has 0 fully saturated rings. The molecule has 0 aromatic carbocycles. The molecule has 0 aliphatic carbocycles. The fourth-order valence-electron chi connectivity index (χ4n) is 1.34. The first kappa shape index (κ1) is 16.1. The lowest BCUT2D eigenvalue weighted by Crippen LogP contribution is -2.23. The molecular weight excluding hydrogens is 212 g/mol. The summed E-state index contributed by atoms with van der Waals surface area (Å²) in [4.78, 5) is 3.87. The Labute approximate surface area is 105 Å². The summed E-state index contributed by atoms with van der Waals surface area (Å²) in [6.45, 7) is 7.56. The predicted octanol–water partition coefficient (Wildman–Crippen LogP) is 2.33. The van der Waals surface area contributed by atoms with Crippen LogP contribution < -0.4 is 5.32 Å². The van der Waals surface area contributed by atoms with Crippen LogP contribution in [0.2, 0.25) is 0 Å². The van der Waals surface area contributed by atoms with Gasteiger partial charge >= 0.3 is 0 Å². The highest BCUT2D eigenvalue weighted by molar-refractivity contribution is 5.71. The van der Waals surface area contributed by atoms with Gasteiger partial charge in [-0.25, -0.2) is 0 Å². The monoisotopic (exact) mass is 238 g/mol. The van der Waals surface area contributed by atoms with Crippen molar-refractivity contribution in [3.05, 3.63) is 23.8 Å². The highest BCUT2D eigenvalue weighted by Crippen LogP contribution is 2.16. The lowest BCUT2D eigenvalue weighted by atomic mass is 9.97. The normalized spacial score (nSPS) is 14.1. The fraction of sp³-hybridized carbons (Fsp3) is 0.643. The van der Waals surface area contributed by atoms with E-state index in [2.05, 4.69) is 17.2 Å². The first-order valence-corrected chi connectivity index (χ1v) is 6.25. The smallest absolute Gasteiger partial charge is 0.0837 e. The maximum Gasteiger partial charge on any atom is 0.0837 e. The molecule has 0 rings (SSSR count). The average molecular weight is 238 g/mol. The maximum absolute atomic E-state index is 9.99. The van der Waals surface area contributed by atoms with Crippen molar-refractivity contribution in [3.8, 4) is 0 Å². The Morgan fingerprint density at radius 2 is 2.12 bits per heavy atom. The molecule has 0 heterocycles. The Bertz CT molecular complexity index is 272. The van der Waals surface area contributed by atoms with E-state index in [0.29, 0.717) is 0 Å². The number of aliphatic imine (C=N–C) groups is 1. The SMILES string of the molecule is CCCCNC/C=C(/C=C\C=NC)C(C)(C)O. The van der Waals surface area contributed by atoms with Crippen LogP contribution in [-0.4, -0.2) is 37.1 Å². The number of rotatable bonds is 8. The molecule has 0 unspecified atom stereocenters. The second kappa shape index (κ2) is 9.14. The molecule has 17 heavy (non-hydrogen) atoms. The van der Waals surface area contributed by atoms with E-state index >= 15 is 0 Å². The fourth-order valence-corrected chi connectivity index (χ4v) is 1.34. The van der Waals surface area contributed by atoms with Gasteiger partial charge in [-0.1, -0.05) is 25.5 Å². The molecule has 0 bridgehead atoms. The highest BCUT2D eigenvalue weighted by atomic mass is 16.3. The molecule has 0 aromatic rings. The minimum atomic E-state index is -0.815. The lowest BCUT2D eigenvalue weighted by Gasteiger charge is -2.19. The lowest BCUT2D eigenvalue weighted by molar-refractivity contribution is 0.123. The molecule has 0 aliphatic heterocycles. The summed E-state index contributed by atoms with van der Waals surface area (Å²) in [6, 6.07) is 0. The van der Waals surface area contributed by atoms with Gasteiger partial charge in [-0.15, -0.1) is 0 Å². The number of unbranched alkanes of at least 4 members (excludes halogenated alkanes) is 1. The summed E-state index contributed by atoms with van der Waals surface area (Å²) in [5.41, 5.74) is 0.0891. The van der Waals surface area contributed by atoms with Gasteiger partial charge in [-0.3, -0.25) is 4.99 Å². The van der Waals surface area contributed by atoms with Crippen LogP contribution in [-0.2, 0) is 0 Å². The summed E-state index contributed by atoms with van der Waals surface area (Å²) in [5.74, 6) is 0. The molecule has 0 saturated heterocycles. The van der Waals surface area contributed by atoms with E-state index in [0.717, 1.165) is 18.7 Å². The summed E-state index contributed by atoms with van der Waals surface area (Å²) >= 11 is 0. The molecule has 3 nitrogen and oxygen atoms in total. The summed E-state index contributed by atoms with van der Waals surface area (Å²) in [6.07, 6.45) is 9.86. The van der Waals surface area contributed by atoms with Crippen molar-refractivity contribution < 1.29 is 5.11 Å². The Morgan fingerprint density at radius 1 is 1.41 bits per heavy atom. The Kier molecular flexibility index (Phi) is 8.64. The second-order valence-electron chi connectivity index (χ2n) is 4.54. The summed E-state index contributed by atoms with van der Waals surface area (Å²) in [5, 5.41) is 13.3. The molecular formula is C14H26N2O. The molecule has 0 atom stereocenters. The van der Waals surface area contributed by atoms with Gasteiger partial charge in [0.1, 0.15) is 0 Å². The van der Waals surface area contributed by atoms with Gasteiger partial charge < -0.3 is 10.4 Å². The topological polar surface area (TPSA) is 44.6 Å². The standard InChI is InChI=1S/C14H26N2O/c1-5-6-11-16-12-9-13(14(2,3)17)8-7-10-15-4/h7-10,16-17H,5-6,11-12H2,1-4H3/b8-7-,13-9-,15-10?. The largest absolute Gasteiger partial charge is 0.386 e. The van der Waals surface area contributed by atoms with Gasteiger partial charge in [0.15, 0.2) is 0 Å². The van der Waals surface area contributed by atoms with Crippen molar-refractivity contribution in [1.29, 1.82) is 0 Å². The third kappa shape index (κ3) is 8.83. The molecule has 2 N–H and O–H groups in total. The van der Waals surface area contributed by atoms with E-state index in [1.54, 1.807) is 27.1 Å². The van der Waals surface area contributed by atoms with E-state index < -0.39 is 5.60 Å². The second-order valence-corrected chi connectivity index (χ2v) is 4.54. The van der Waals surface area contributed by atoms with Crippen molar-refractivity contribution in [1.82, 2.24) is 5.32 Å². The zero-order valence-electron chi connectivity index (χ0n) is 11.5. The molecule has 3 heteroatoms. The number of hydrogen-bond acceptors (Lipinski definition) is 3. The van der Waals surface area contributed by atoms with Crippen LogP contribution in [0.25, 0.3) is 0 Å². The summed E-state index contributed by atoms with van der Waals surface area (Å²) in [7, 11) is 1.73. The number of hydrogen-bond donors (Lipinski definition) is 2. The van der Waals surface area contributed by atoms with Gasteiger partial charge in [-0.2, -0.15) is 0 Å². The maximum atomic E-state index is 9.99. The zero-order valence-corrected chi connectivity index (χ0v) is 11.5. The third-order valence-electron chi connectivity index (χ3n) is 2.39. The van der Waals surface area contributed by atoms with E-state index in [9.17, 15) is 5.11 Å². The van der Waals surface area contributed by atoms with Gasteiger partial charge in [0.2, 0.25) is 0 Å². The zero-order chi connectivity index (χ0) is 13.1. The van der Waals surface area contributed by atoms with Crippen molar-refractivity contribution in [3.63, 3.8) is 0 Å². The van der Waals surface area contributed by atoms with Crippen molar-refractivity contribution >= 4 is 6.21 Å². The Hall–Kier alpha value is -0.930. The number of nitrogens with one attached hydrogen (secondary N) is 1. The van der Waals surface area contributed by atoms with E-state index in [1.165, 1.54) is 12.8 Å². The predicted molar refractivity (Wildman–Crippen MR) is 75.7 cm³/mol. The molecule has 0 aromatic heterocycles. The van der Waals surface area contributed by atoms with E-state index in [4.69, 9.17) is 0 Å². The van der Waals surface area contributed by atoms with Crippen LogP contribution in [0.5, 0.6) is 0 Å². The van der Waals surface area contributed by atoms with Crippen LogP contribution in [0.1, 0.15) is 33.6 Å². The number of aliphatic hydroxyl groups is 1. The van der Waals surface area contributed by atoms with E-state index in [-0.39, 0.29) is 0 Å². The molecule has 0 radical (unpaired) electrons. The molecule has 0 aliphatic rings. The van der Waals surface area contributed by atoms with Crippen molar-refractivity contribution in [2.45, 2.75) is 39.2 Å². The number of allylic oxidation sites excluding steroid dienone is 1. The van der Waals surface area contributed by atoms with Crippen LogP contribution >= 0.6 is 0 Å². The number of nitrogens with zero attached hydrogens (tertiary/aromatic N) is 1. The first-order valence-electron chi connectivity index (χ1n) is 6.25. The summed E-state index contributed by atoms with van der Waals surface area (Å²) < 4.78 is 0. The van der Waals surface area contributed by atoms with Gasteiger partial charge in [-0.05, 0) is 38.5 Å². The van der Waals surface area contributed by atoms with E-state index in [1.807, 2.05) is 18.2 Å². The molecule has 0 spiro atoms. The minimum Gasteiger partial charge on any atom is -0.386 e. The van der Waals surface area contributed by atoms with Gasteiger partial charge in [0.25, 0.3) is 0 Å².